The first-order valence-electron chi connectivity index (χ1n) is 5.35. The number of amides is 1. The molecular formula is C12H14Cl2INO2. The van der Waals surface area contributed by atoms with Crippen LogP contribution in [0.3, 0.4) is 0 Å². The summed E-state index contributed by atoms with van der Waals surface area (Å²) in [5.74, 6) is -0.248. The van der Waals surface area contributed by atoms with Gasteiger partial charge in [-0.3, -0.25) is 4.79 Å². The normalized spacial score (nSPS) is 11.4. The van der Waals surface area contributed by atoms with Gasteiger partial charge in [-0.05, 0) is 55.0 Å². The predicted molar refractivity (Wildman–Crippen MR) is 82.4 cm³/mol. The van der Waals surface area contributed by atoms with E-state index in [-0.39, 0.29) is 12.5 Å². The quantitative estimate of drug-likeness (QED) is 0.599. The molecule has 0 saturated carbocycles. The zero-order valence-corrected chi connectivity index (χ0v) is 13.7. The number of carbonyl (C=O) groups excluding carboxylic acids is 1. The second-order valence-electron chi connectivity index (χ2n) is 4.56. The number of nitrogens with one attached hydrogen (secondary N) is 1. The van der Waals surface area contributed by atoms with E-state index in [1.807, 2.05) is 36.4 Å². The van der Waals surface area contributed by atoms with E-state index in [2.05, 4.69) is 5.32 Å². The van der Waals surface area contributed by atoms with Gasteiger partial charge in [-0.2, -0.15) is 0 Å². The van der Waals surface area contributed by atoms with E-state index in [4.69, 9.17) is 28.3 Å². The Morgan fingerprint density at radius 3 is 2.61 bits per heavy atom. The van der Waals surface area contributed by atoms with Gasteiger partial charge in [-0.25, -0.2) is 0 Å². The highest BCUT2D eigenvalue weighted by Crippen LogP contribution is 2.27. The third-order valence-corrected chi connectivity index (χ3v) is 4.42. The molecule has 0 unspecified atom stereocenters. The topological polar surface area (TPSA) is 49.3 Å². The second-order valence-corrected chi connectivity index (χ2v) is 6.48. The molecule has 1 aromatic carbocycles. The summed E-state index contributed by atoms with van der Waals surface area (Å²) < 4.78 is 0.663. The summed E-state index contributed by atoms with van der Waals surface area (Å²) in [6.07, 6.45) is 0.476. The van der Waals surface area contributed by atoms with Gasteiger partial charge in [0.25, 0.3) is 5.91 Å². The maximum atomic E-state index is 12.1. The van der Waals surface area contributed by atoms with Crippen molar-refractivity contribution in [2.45, 2.75) is 25.8 Å². The van der Waals surface area contributed by atoms with Crippen molar-refractivity contribution in [1.29, 1.82) is 0 Å². The Labute approximate surface area is 130 Å². The van der Waals surface area contributed by atoms with Gasteiger partial charge in [0.2, 0.25) is 0 Å². The fraction of sp³-hybridized carbons (Fsp3) is 0.417. The van der Waals surface area contributed by atoms with E-state index in [0.717, 1.165) is 0 Å². The van der Waals surface area contributed by atoms with Crippen LogP contribution in [0.1, 0.15) is 30.6 Å². The van der Waals surface area contributed by atoms with Gasteiger partial charge in [0.15, 0.2) is 0 Å². The molecule has 3 nitrogen and oxygen atoms in total. The van der Waals surface area contributed by atoms with Crippen LogP contribution in [0.25, 0.3) is 0 Å². The zero-order valence-electron chi connectivity index (χ0n) is 10.1. The standard InChI is InChI=1S/C12H14Cl2INO2/c1-12(2,3-4-17)16-11(18)8-5-7(13)6-9(14)10(8)15/h5-6,17H,3-4H2,1-2H3,(H,16,18). The highest BCUT2D eigenvalue weighted by atomic mass is 127. The maximum Gasteiger partial charge on any atom is 0.252 e. The molecule has 1 aromatic rings. The number of aliphatic hydroxyl groups is 1. The first kappa shape index (κ1) is 16.0. The predicted octanol–water partition coefficient (Wildman–Crippen LogP) is 3.49. The largest absolute Gasteiger partial charge is 0.396 e. The summed E-state index contributed by atoms with van der Waals surface area (Å²) in [5, 5.41) is 12.7. The van der Waals surface area contributed by atoms with E-state index < -0.39 is 5.54 Å². The minimum atomic E-state index is -0.482. The van der Waals surface area contributed by atoms with Crippen LogP contribution in [-0.2, 0) is 0 Å². The molecule has 0 aliphatic carbocycles. The smallest absolute Gasteiger partial charge is 0.252 e. The van der Waals surface area contributed by atoms with Crippen LogP contribution in [0, 0.1) is 3.57 Å². The van der Waals surface area contributed by atoms with E-state index in [1.54, 1.807) is 12.1 Å². The van der Waals surface area contributed by atoms with Gasteiger partial charge >= 0.3 is 0 Å². The fourth-order valence-electron chi connectivity index (χ4n) is 1.44. The van der Waals surface area contributed by atoms with Crippen molar-refractivity contribution < 1.29 is 9.90 Å². The van der Waals surface area contributed by atoms with Crippen molar-refractivity contribution >= 4 is 51.7 Å². The molecule has 0 bridgehead atoms. The molecule has 0 aromatic heterocycles. The third kappa shape index (κ3) is 4.26. The Hall–Kier alpha value is -0.0400. The lowest BCUT2D eigenvalue weighted by atomic mass is 10.0. The first-order valence-corrected chi connectivity index (χ1v) is 7.18. The lowest BCUT2D eigenvalue weighted by Gasteiger charge is -2.25. The van der Waals surface area contributed by atoms with Crippen molar-refractivity contribution in [3.63, 3.8) is 0 Å². The molecule has 2 N–H and O–H groups in total. The summed E-state index contributed by atoms with van der Waals surface area (Å²) >= 11 is 13.9. The van der Waals surface area contributed by atoms with Crippen LogP contribution in [0.15, 0.2) is 12.1 Å². The van der Waals surface area contributed by atoms with Crippen molar-refractivity contribution in [2.75, 3.05) is 6.61 Å². The van der Waals surface area contributed by atoms with Crippen LogP contribution in [-0.4, -0.2) is 23.2 Å². The summed E-state index contributed by atoms with van der Waals surface area (Å²) in [4.78, 5) is 12.1. The van der Waals surface area contributed by atoms with Gasteiger partial charge in [0, 0.05) is 20.7 Å². The van der Waals surface area contributed by atoms with Crippen molar-refractivity contribution in [1.82, 2.24) is 5.32 Å². The van der Waals surface area contributed by atoms with Crippen molar-refractivity contribution in [2.24, 2.45) is 0 Å². The first-order chi connectivity index (χ1) is 8.26. The van der Waals surface area contributed by atoms with E-state index in [0.29, 0.717) is 25.6 Å². The van der Waals surface area contributed by atoms with Gasteiger partial charge in [0.05, 0.1) is 10.6 Å². The average Bonchev–Trinajstić information content (AvgIpc) is 2.22. The van der Waals surface area contributed by atoms with Gasteiger partial charge in [-0.1, -0.05) is 23.2 Å². The summed E-state index contributed by atoms with van der Waals surface area (Å²) in [6, 6.07) is 3.18. The van der Waals surface area contributed by atoms with Crippen LogP contribution in [0.2, 0.25) is 10.0 Å². The monoisotopic (exact) mass is 401 g/mol. The average molecular weight is 402 g/mol. The molecule has 0 radical (unpaired) electrons. The number of hydrogen-bond donors (Lipinski definition) is 2. The summed E-state index contributed by atoms with van der Waals surface area (Å²) in [6.45, 7) is 3.71. The molecule has 100 valence electrons. The lowest BCUT2D eigenvalue weighted by Crippen LogP contribution is -2.44. The molecule has 0 heterocycles. The van der Waals surface area contributed by atoms with Crippen LogP contribution >= 0.6 is 45.8 Å². The van der Waals surface area contributed by atoms with Gasteiger partial charge in [-0.15, -0.1) is 0 Å². The molecule has 0 aliphatic heterocycles. The molecule has 0 atom stereocenters. The Bertz CT molecular complexity index is 464. The van der Waals surface area contributed by atoms with Crippen LogP contribution in [0.5, 0.6) is 0 Å². The summed E-state index contributed by atoms with van der Waals surface area (Å²) in [5.41, 5.74) is -0.0388. The zero-order chi connectivity index (χ0) is 13.9. The van der Waals surface area contributed by atoms with Crippen LogP contribution < -0.4 is 5.32 Å². The highest BCUT2D eigenvalue weighted by molar-refractivity contribution is 14.1. The van der Waals surface area contributed by atoms with Crippen molar-refractivity contribution in [3.8, 4) is 0 Å². The minimum Gasteiger partial charge on any atom is -0.396 e. The molecular weight excluding hydrogens is 388 g/mol. The van der Waals surface area contributed by atoms with Gasteiger partial charge in [0.1, 0.15) is 0 Å². The SMILES string of the molecule is CC(C)(CCO)NC(=O)c1cc(Cl)cc(Cl)c1I. The maximum absolute atomic E-state index is 12.1. The number of rotatable bonds is 4. The highest BCUT2D eigenvalue weighted by Gasteiger charge is 2.22. The second kappa shape index (κ2) is 6.41. The molecule has 0 spiro atoms. The van der Waals surface area contributed by atoms with E-state index >= 15 is 0 Å². The Kier molecular flexibility index (Phi) is 5.70. The van der Waals surface area contributed by atoms with E-state index in [1.165, 1.54) is 0 Å². The van der Waals surface area contributed by atoms with Gasteiger partial charge < -0.3 is 10.4 Å². The molecule has 18 heavy (non-hydrogen) atoms. The molecule has 0 aliphatic rings. The van der Waals surface area contributed by atoms with Crippen LogP contribution in [0.4, 0.5) is 0 Å². The number of hydrogen-bond acceptors (Lipinski definition) is 2. The number of aliphatic hydroxyl groups excluding tert-OH is 1. The third-order valence-electron chi connectivity index (χ3n) is 2.43. The molecule has 0 saturated heterocycles. The lowest BCUT2D eigenvalue weighted by molar-refractivity contribution is 0.0898. The molecule has 1 rings (SSSR count). The van der Waals surface area contributed by atoms with E-state index in [9.17, 15) is 4.79 Å². The minimum absolute atomic E-state index is 0.0146. The number of benzene rings is 1. The fourth-order valence-corrected chi connectivity index (χ4v) is 2.49. The Balaban J connectivity index is 2.98. The number of halogens is 3. The number of carbonyl (C=O) groups is 1. The molecule has 0 fully saturated rings. The summed E-state index contributed by atoms with van der Waals surface area (Å²) in [7, 11) is 0. The Morgan fingerprint density at radius 1 is 1.44 bits per heavy atom. The molecule has 6 heteroatoms. The van der Waals surface area contributed by atoms with Crippen molar-refractivity contribution in [3.05, 3.63) is 31.3 Å². The Morgan fingerprint density at radius 2 is 2.06 bits per heavy atom. The molecule has 1 amide bonds.